The standard InChI is InChI=1S/C14H16N4O4/c1-9(19)17-11-4-2-3-10(7-11)13(21)15-5-6-18-12(20)8-16-14(18)22/h2-4,7H,5-6,8H2,1H3,(H,15,21)(H,16,22)(H,17,19). The summed E-state index contributed by atoms with van der Waals surface area (Å²) in [5.41, 5.74) is 0.901. The molecule has 5 amide bonds. The highest BCUT2D eigenvalue weighted by molar-refractivity contribution is 6.02. The molecular formula is C14H16N4O4. The van der Waals surface area contributed by atoms with Gasteiger partial charge in [0.15, 0.2) is 0 Å². The first-order valence-corrected chi connectivity index (χ1v) is 6.71. The molecule has 1 aliphatic heterocycles. The summed E-state index contributed by atoms with van der Waals surface area (Å²) in [6.07, 6.45) is 0. The van der Waals surface area contributed by atoms with E-state index in [-0.39, 0.29) is 37.4 Å². The Morgan fingerprint density at radius 2 is 2.09 bits per heavy atom. The Hall–Kier alpha value is -2.90. The summed E-state index contributed by atoms with van der Waals surface area (Å²) >= 11 is 0. The maximum Gasteiger partial charge on any atom is 0.324 e. The predicted molar refractivity (Wildman–Crippen MR) is 78.2 cm³/mol. The highest BCUT2D eigenvalue weighted by atomic mass is 16.2. The van der Waals surface area contributed by atoms with E-state index in [1.807, 2.05) is 0 Å². The lowest BCUT2D eigenvalue weighted by atomic mass is 10.2. The minimum absolute atomic E-state index is 0.00839. The minimum Gasteiger partial charge on any atom is -0.350 e. The van der Waals surface area contributed by atoms with E-state index in [2.05, 4.69) is 16.0 Å². The molecule has 0 spiro atoms. The van der Waals surface area contributed by atoms with E-state index >= 15 is 0 Å². The monoisotopic (exact) mass is 304 g/mol. The summed E-state index contributed by atoms with van der Waals surface area (Å²) < 4.78 is 0. The molecule has 0 unspecified atom stereocenters. The first-order chi connectivity index (χ1) is 10.5. The fourth-order valence-electron chi connectivity index (χ4n) is 2.01. The fourth-order valence-corrected chi connectivity index (χ4v) is 2.01. The topological polar surface area (TPSA) is 108 Å². The van der Waals surface area contributed by atoms with Crippen molar-refractivity contribution in [3.05, 3.63) is 29.8 Å². The number of rotatable bonds is 5. The van der Waals surface area contributed by atoms with E-state index in [0.29, 0.717) is 11.3 Å². The molecule has 1 heterocycles. The van der Waals surface area contributed by atoms with Crippen LogP contribution in [0.4, 0.5) is 10.5 Å². The molecule has 0 saturated carbocycles. The lowest BCUT2D eigenvalue weighted by Gasteiger charge is -2.13. The van der Waals surface area contributed by atoms with Crippen LogP contribution in [-0.2, 0) is 9.59 Å². The number of anilines is 1. The number of carbonyl (C=O) groups is 4. The summed E-state index contributed by atoms with van der Waals surface area (Å²) in [4.78, 5) is 46.7. The van der Waals surface area contributed by atoms with Crippen LogP contribution >= 0.6 is 0 Å². The van der Waals surface area contributed by atoms with Crippen LogP contribution in [0.3, 0.4) is 0 Å². The van der Waals surface area contributed by atoms with Gasteiger partial charge in [0.05, 0.1) is 6.54 Å². The molecule has 0 aliphatic carbocycles. The largest absolute Gasteiger partial charge is 0.350 e. The molecule has 0 bridgehead atoms. The molecular weight excluding hydrogens is 288 g/mol. The Morgan fingerprint density at radius 1 is 1.32 bits per heavy atom. The van der Waals surface area contributed by atoms with Crippen molar-refractivity contribution >= 4 is 29.4 Å². The van der Waals surface area contributed by atoms with Crippen LogP contribution in [0.15, 0.2) is 24.3 Å². The normalized spacial score (nSPS) is 13.8. The van der Waals surface area contributed by atoms with Gasteiger partial charge >= 0.3 is 6.03 Å². The Labute approximate surface area is 126 Å². The first-order valence-electron chi connectivity index (χ1n) is 6.71. The molecule has 1 aromatic carbocycles. The highest BCUT2D eigenvalue weighted by Gasteiger charge is 2.27. The quantitative estimate of drug-likeness (QED) is 0.662. The number of benzene rings is 1. The fraction of sp³-hybridized carbons (Fsp3) is 0.286. The van der Waals surface area contributed by atoms with Gasteiger partial charge in [0, 0.05) is 31.3 Å². The molecule has 0 atom stereocenters. The number of nitrogens with one attached hydrogen (secondary N) is 3. The smallest absolute Gasteiger partial charge is 0.324 e. The van der Waals surface area contributed by atoms with Crippen molar-refractivity contribution < 1.29 is 19.2 Å². The zero-order chi connectivity index (χ0) is 16.1. The van der Waals surface area contributed by atoms with Gasteiger partial charge < -0.3 is 16.0 Å². The summed E-state index contributed by atoms with van der Waals surface area (Å²) in [6.45, 7) is 1.64. The molecule has 1 fully saturated rings. The number of nitrogens with zero attached hydrogens (tertiary/aromatic N) is 1. The van der Waals surface area contributed by atoms with Gasteiger partial charge in [-0.05, 0) is 18.2 Å². The maximum atomic E-state index is 12.0. The number of carbonyl (C=O) groups excluding carboxylic acids is 4. The first kappa shape index (κ1) is 15.5. The van der Waals surface area contributed by atoms with Crippen LogP contribution in [0.1, 0.15) is 17.3 Å². The zero-order valence-corrected chi connectivity index (χ0v) is 12.0. The maximum absolute atomic E-state index is 12.0. The molecule has 1 aromatic rings. The van der Waals surface area contributed by atoms with Crippen molar-refractivity contribution in [1.82, 2.24) is 15.5 Å². The van der Waals surface area contributed by atoms with Gasteiger partial charge in [0.1, 0.15) is 0 Å². The van der Waals surface area contributed by atoms with E-state index in [1.165, 1.54) is 6.92 Å². The van der Waals surface area contributed by atoms with Gasteiger partial charge in [-0.2, -0.15) is 0 Å². The second-order valence-electron chi connectivity index (χ2n) is 4.72. The lowest BCUT2D eigenvalue weighted by molar-refractivity contribution is -0.125. The molecule has 1 saturated heterocycles. The Kier molecular flexibility index (Phi) is 4.72. The molecule has 8 heteroatoms. The number of hydrogen-bond acceptors (Lipinski definition) is 4. The van der Waals surface area contributed by atoms with E-state index in [9.17, 15) is 19.2 Å². The van der Waals surface area contributed by atoms with Gasteiger partial charge in [-0.1, -0.05) is 6.07 Å². The summed E-state index contributed by atoms with van der Waals surface area (Å²) in [6, 6.07) is 6.02. The van der Waals surface area contributed by atoms with Crippen LogP contribution in [0.25, 0.3) is 0 Å². The predicted octanol–water partition coefficient (Wildman–Crippen LogP) is -0.0734. The number of urea groups is 1. The van der Waals surface area contributed by atoms with Gasteiger partial charge in [-0.15, -0.1) is 0 Å². The zero-order valence-electron chi connectivity index (χ0n) is 12.0. The minimum atomic E-state index is -0.452. The van der Waals surface area contributed by atoms with Crippen molar-refractivity contribution in [3.8, 4) is 0 Å². The third kappa shape index (κ3) is 3.81. The second kappa shape index (κ2) is 6.70. The van der Waals surface area contributed by atoms with Gasteiger partial charge in [-0.25, -0.2) is 4.79 Å². The Bertz CT molecular complexity index is 613. The van der Waals surface area contributed by atoms with E-state index in [1.54, 1.807) is 24.3 Å². The number of hydrogen-bond donors (Lipinski definition) is 3. The van der Waals surface area contributed by atoms with Crippen LogP contribution in [-0.4, -0.2) is 48.3 Å². The van der Waals surface area contributed by atoms with E-state index in [0.717, 1.165) is 4.90 Å². The third-order valence-electron chi connectivity index (χ3n) is 3.00. The van der Waals surface area contributed by atoms with Crippen molar-refractivity contribution in [2.75, 3.05) is 25.0 Å². The molecule has 0 radical (unpaired) electrons. The molecule has 8 nitrogen and oxygen atoms in total. The van der Waals surface area contributed by atoms with Crippen molar-refractivity contribution in [3.63, 3.8) is 0 Å². The SMILES string of the molecule is CC(=O)Nc1cccc(C(=O)NCCN2C(=O)CNC2=O)c1. The molecule has 2 rings (SSSR count). The molecule has 0 aromatic heterocycles. The number of imide groups is 1. The van der Waals surface area contributed by atoms with Crippen LogP contribution < -0.4 is 16.0 Å². The van der Waals surface area contributed by atoms with Crippen molar-refractivity contribution in [2.24, 2.45) is 0 Å². The van der Waals surface area contributed by atoms with E-state index < -0.39 is 6.03 Å². The number of amides is 5. The lowest BCUT2D eigenvalue weighted by Crippen LogP contribution is -2.38. The van der Waals surface area contributed by atoms with Gasteiger partial charge in [-0.3, -0.25) is 19.3 Å². The van der Waals surface area contributed by atoms with Crippen LogP contribution in [0, 0.1) is 0 Å². The average Bonchev–Trinajstić information content (AvgIpc) is 2.78. The van der Waals surface area contributed by atoms with Crippen LogP contribution in [0.2, 0.25) is 0 Å². The van der Waals surface area contributed by atoms with Gasteiger partial charge in [0.25, 0.3) is 5.91 Å². The molecule has 22 heavy (non-hydrogen) atoms. The second-order valence-corrected chi connectivity index (χ2v) is 4.72. The van der Waals surface area contributed by atoms with Crippen LogP contribution in [0.5, 0.6) is 0 Å². The molecule has 3 N–H and O–H groups in total. The third-order valence-corrected chi connectivity index (χ3v) is 3.00. The molecule has 116 valence electrons. The summed E-state index contributed by atoms with van der Waals surface area (Å²) in [5, 5.41) is 7.61. The molecule has 1 aliphatic rings. The van der Waals surface area contributed by atoms with Crippen molar-refractivity contribution in [1.29, 1.82) is 0 Å². The van der Waals surface area contributed by atoms with E-state index in [4.69, 9.17) is 0 Å². The average molecular weight is 304 g/mol. The Morgan fingerprint density at radius 3 is 2.73 bits per heavy atom. The summed E-state index contributed by atoms with van der Waals surface area (Å²) in [7, 11) is 0. The van der Waals surface area contributed by atoms with Gasteiger partial charge in [0.2, 0.25) is 11.8 Å². The highest BCUT2D eigenvalue weighted by Crippen LogP contribution is 2.10. The van der Waals surface area contributed by atoms with Crippen molar-refractivity contribution in [2.45, 2.75) is 6.92 Å². The Balaban J connectivity index is 1.88. The summed E-state index contributed by atoms with van der Waals surface area (Å²) in [5.74, 6) is -0.887.